The molecule has 0 aromatic heterocycles. The molecule has 1 aromatic carbocycles. The minimum absolute atomic E-state index is 0.284. The van der Waals surface area contributed by atoms with Gasteiger partial charge in [-0.1, -0.05) is 39.3 Å². The maximum Gasteiger partial charge on any atom is 0.162 e. The second-order valence-corrected chi connectivity index (χ2v) is 5.04. The third-order valence-corrected chi connectivity index (χ3v) is 3.49. The molecular weight excluding hydrogens is 238 g/mol. The van der Waals surface area contributed by atoms with Crippen molar-refractivity contribution in [3.8, 4) is 11.5 Å². The van der Waals surface area contributed by atoms with Crippen LogP contribution in [0.4, 0.5) is 0 Å². The number of rotatable bonds is 8. The Balaban J connectivity index is 2.76. The first-order chi connectivity index (χ1) is 9.12. The maximum atomic E-state index is 10.2. The van der Waals surface area contributed by atoms with Gasteiger partial charge in [0.1, 0.15) is 0 Å². The highest BCUT2D eigenvalue weighted by molar-refractivity contribution is 5.45. The van der Waals surface area contributed by atoms with E-state index in [0.29, 0.717) is 18.3 Å². The number of nitrogens with zero attached hydrogens (tertiary/aromatic N) is 1. The third kappa shape index (κ3) is 4.75. The van der Waals surface area contributed by atoms with Crippen LogP contribution in [0.25, 0.3) is 0 Å². The first-order valence-corrected chi connectivity index (χ1v) is 7.28. The summed E-state index contributed by atoms with van der Waals surface area (Å²) in [6, 6.07) is 5.72. The van der Waals surface area contributed by atoms with Crippen LogP contribution in [0.1, 0.15) is 39.7 Å². The van der Waals surface area contributed by atoms with Gasteiger partial charge in [-0.25, -0.2) is 0 Å². The van der Waals surface area contributed by atoms with Crippen molar-refractivity contribution in [2.24, 2.45) is 5.92 Å². The summed E-state index contributed by atoms with van der Waals surface area (Å²) in [5.74, 6) is 1.55. The van der Waals surface area contributed by atoms with Gasteiger partial charge in [-0.05, 0) is 25.5 Å². The van der Waals surface area contributed by atoms with Crippen LogP contribution in [0.15, 0.2) is 18.2 Å². The summed E-state index contributed by atoms with van der Waals surface area (Å²) in [6.45, 7) is 12.0. The summed E-state index contributed by atoms with van der Waals surface area (Å²) in [7, 11) is 0. The number of hydrogen-bond acceptors (Lipinski definition) is 3. The van der Waals surface area contributed by atoms with E-state index in [0.717, 1.165) is 25.2 Å². The molecule has 19 heavy (non-hydrogen) atoms. The Morgan fingerprint density at radius 2 is 2.00 bits per heavy atom. The SMILES string of the molecule is CCOc1cccc(CN(CC)CC(C)CC)c1O. The fraction of sp³-hybridized carbons (Fsp3) is 0.625. The largest absolute Gasteiger partial charge is 0.504 e. The first kappa shape index (κ1) is 15.8. The molecule has 108 valence electrons. The van der Waals surface area contributed by atoms with E-state index in [1.807, 2.05) is 25.1 Å². The topological polar surface area (TPSA) is 32.7 Å². The Hall–Kier alpha value is -1.22. The van der Waals surface area contributed by atoms with E-state index in [4.69, 9.17) is 4.74 Å². The lowest BCUT2D eigenvalue weighted by Gasteiger charge is -2.24. The van der Waals surface area contributed by atoms with Crippen molar-refractivity contribution in [1.82, 2.24) is 4.90 Å². The fourth-order valence-corrected chi connectivity index (χ4v) is 2.08. The summed E-state index contributed by atoms with van der Waals surface area (Å²) < 4.78 is 5.43. The van der Waals surface area contributed by atoms with Gasteiger partial charge in [0.2, 0.25) is 0 Å². The van der Waals surface area contributed by atoms with Gasteiger partial charge in [0.25, 0.3) is 0 Å². The normalized spacial score (nSPS) is 12.7. The third-order valence-electron chi connectivity index (χ3n) is 3.49. The van der Waals surface area contributed by atoms with E-state index in [-0.39, 0.29) is 5.75 Å². The minimum atomic E-state index is 0.284. The van der Waals surface area contributed by atoms with Crippen molar-refractivity contribution in [3.63, 3.8) is 0 Å². The number of aromatic hydroxyl groups is 1. The molecule has 0 fully saturated rings. The highest BCUT2D eigenvalue weighted by atomic mass is 16.5. The lowest BCUT2D eigenvalue weighted by molar-refractivity contribution is 0.234. The van der Waals surface area contributed by atoms with E-state index in [2.05, 4.69) is 25.7 Å². The monoisotopic (exact) mass is 265 g/mol. The summed E-state index contributed by atoms with van der Waals surface area (Å²) in [4.78, 5) is 2.36. The molecule has 1 rings (SSSR count). The summed E-state index contributed by atoms with van der Waals surface area (Å²) in [6.07, 6.45) is 1.18. The van der Waals surface area contributed by atoms with Gasteiger partial charge in [-0.3, -0.25) is 4.90 Å². The van der Waals surface area contributed by atoms with Crippen molar-refractivity contribution in [3.05, 3.63) is 23.8 Å². The number of phenolic OH excluding ortho intramolecular Hbond substituents is 1. The molecule has 0 radical (unpaired) electrons. The molecule has 0 saturated carbocycles. The van der Waals surface area contributed by atoms with Crippen molar-refractivity contribution in [2.75, 3.05) is 19.7 Å². The fourth-order valence-electron chi connectivity index (χ4n) is 2.08. The molecular formula is C16H27NO2. The Morgan fingerprint density at radius 3 is 2.58 bits per heavy atom. The van der Waals surface area contributed by atoms with E-state index >= 15 is 0 Å². The van der Waals surface area contributed by atoms with Crippen molar-refractivity contribution < 1.29 is 9.84 Å². The van der Waals surface area contributed by atoms with Gasteiger partial charge in [-0.2, -0.15) is 0 Å². The molecule has 0 spiro atoms. The van der Waals surface area contributed by atoms with Gasteiger partial charge in [0, 0.05) is 18.7 Å². The van der Waals surface area contributed by atoms with Gasteiger partial charge in [-0.15, -0.1) is 0 Å². The smallest absolute Gasteiger partial charge is 0.162 e. The van der Waals surface area contributed by atoms with Gasteiger partial charge >= 0.3 is 0 Å². The standard InChI is InChI=1S/C16H27NO2/c1-5-13(4)11-17(6-2)12-14-9-8-10-15(16(14)18)19-7-3/h8-10,13,18H,5-7,11-12H2,1-4H3. The molecule has 3 nitrogen and oxygen atoms in total. The van der Waals surface area contributed by atoms with Gasteiger partial charge in [0.15, 0.2) is 11.5 Å². The van der Waals surface area contributed by atoms with Crippen LogP contribution < -0.4 is 4.74 Å². The predicted octanol–water partition coefficient (Wildman–Crippen LogP) is 3.66. The van der Waals surface area contributed by atoms with Crippen LogP contribution in [0.3, 0.4) is 0 Å². The van der Waals surface area contributed by atoms with Crippen molar-refractivity contribution in [1.29, 1.82) is 0 Å². The molecule has 0 bridgehead atoms. The molecule has 0 aliphatic carbocycles. The average Bonchev–Trinajstić information content (AvgIpc) is 2.42. The molecule has 1 unspecified atom stereocenters. The summed E-state index contributed by atoms with van der Waals surface area (Å²) in [5.41, 5.74) is 0.941. The lowest BCUT2D eigenvalue weighted by Crippen LogP contribution is -2.27. The zero-order valence-corrected chi connectivity index (χ0v) is 12.6. The van der Waals surface area contributed by atoms with Crippen LogP contribution in [-0.4, -0.2) is 29.7 Å². The number of phenols is 1. The highest BCUT2D eigenvalue weighted by Crippen LogP contribution is 2.30. The molecule has 0 aliphatic heterocycles. The van der Waals surface area contributed by atoms with Crippen LogP contribution >= 0.6 is 0 Å². The zero-order valence-electron chi connectivity index (χ0n) is 12.6. The molecule has 0 amide bonds. The van der Waals surface area contributed by atoms with Gasteiger partial charge in [0.05, 0.1) is 6.61 Å². The maximum absolute atomic E-state index is 10.2. The highest BCUT2D eigenvalue weighted by Gasteiger charge is 2.13. The Labute approximate surface area is 117 Å². The Kier molecular flexibility index (Phi) is 6.71. The lowest BCUT2D eigenvalue weighted by atomic mass is 10.1. The molecule has 1 atom stereocenters. The van der Waals surface area contributed by atoms with E-state index in [1.54, 1.807) is 0 Å². The Bertz CT molecular complexity index is 379. The number of para-hydroxylation sites is 1. The summed E-state index contributed by atoms with van der Waals surface area (Å²) in [5, 5.41) is 10.2. The van der Waals surface area contributed by atoms with Crippen LogP contribution in [0.5, 0.6) is 11.5 Å². The van der Waals surface area contributed by atoms with Crippen molar-refractivity contribution >= 4 is 0 Å². The van der Waals surface area contributed by atoms with E-state index < -0.39 is 0 Å². The molecule has 3 heteroatoms. The van der Waals surface area contributed by atoms with Crippen LogP contribution in [0.2, 0.25) is 0 Å². The Morgan fingerprint density at radius 1 is 1.26 bits per heavy atom. The van der Waals surface area contributed by atoms with Gasteiger partial charge < -0.3 is 9.84 Å². The van der Waals surface area contributed by atoms with Crippen LogP contribution in [-0.2, 0) is 6.54 Å². The van der Waals surface area contributed by atoms with E-state index in [9.17, 15) is 5.11 Å². The van der Waals surface area contributed by atoms with Crippen molar-refractivity contribution in [2.45, 2.75) is 40.7 Å². The minimum Gasteiger partial charge on any atom is -0.504 e. The molecule has 0 aliphatic rings. The zero-order chi connectivity index (χ0) is 14.3. The predicted molar refractivity (Wildman–Crippen MR) is 79.7 cm³/mol. The molecule has 1 aromatic rings. The number of benzene rings is 1. The summed E-state index contributed by atoms with van der Waals surface area (Å²) >= 11 is 0. The second-order valence-electron chi connectivity index (χ2n) is 5.04. The molecule has 1 N–H and O–H groups in total. The van der Waals surface area contributed by atoms with Crippen LogP contribution in [0, 0.1) is 5.92 Å². The average molecular weight is 265 g/mol. The molecule has 0 saturated heterocycles. The number of ether oxygens (including phenoxy) is 1. The quantitative estimate of drug-likeness (QED) is 0.778. The first-order valence-electron chi connectivity index (χ1n) is 7.28. The number of hydrogen-bond donors (Lipinski definition) is 1. The molecule has 0 heterocycles. The van der Waals surface area contributed by atoms with E-state index in [1.165, 1.54) is 6.42 Å². The second kappa shape index (κ2) is 8.05.